The van der Waals surface area contributed by atoms with Gasteiger partial charge in [-0.3, -0.25) is 0 Å². The van der Waals surface area contributed by atoms with Crippen LogP contribution in [0.2, 0.25) is 10.0 Å². The third kappa shape index (κ3) is 4.67. The number of ether oxygens (including phenoxy) is 1. The number of aryl methyl sites for hydroxylation is 1. The molecule has 0 saturated carbocycles. The zero-order valence-electron chi connectivity index (χ0n) is 16.1. The van der Waals surface area contributed by atoms with Gasteiger partial charge in [0.15, 0.2) is 0 Å². The summed E-state index contributed by atoms with van der Waals surface area (Å²) < 4.78 is 6.19. The molecule has 1 N–H and O–H groups in total. The second-order valence-corrected chi connectivity index (χ2v) is 7.84. The highest BCUT2D eigenvalue weighted by atomic mass is 35.5. The molecule has 0 bridgehead atoms. The maximum Gasteiger partial charge on any atom is 0.125 e. The zero-order chi connectivity index (χ0) is 20.2. The van der Waals surface area contributed by atoms with Crippen molar-refractivity contribution in [3.05, 3.63) is 106 Å². The van der Waals surface area contributed by atoms with E-state index < -0.39 is 0 Å². The second kappa shape index (κ2) is 8.77. The number of anilines is 1. The number of fused-ring (bicyclic) bond motifs is 1. The minimum Gasteiger partial charge on any atom is -0.489 e. The van der Waals surface area contributed by atoms with E-state index in [1.54, 1.807) is 0 Å². The average molecular weight is 422 g/mol. The van der Waals surface area contributed by atoms with E-state index in [2.05, 4.69) is 29.6 Å². The lowest BCUT2D eigenvalue weighted by Gasteiger charge is -2.16. The fourth-order valence-electron chi connectivity index (χ4n) is 3.27. The molecular formula is C25H21Cl2NO. The molecule has 0 atom stereocenters. The van der Waals surface area contributed by atoms with Crippen LogP contribution in [0, 0.1) is 6.92 Å². The molecule has 4 aromatic rings. The van der Waals surface area contributed by atoms with Gasteiger partial charge in [-0.2, -0.15) is 0 Å². The summed E-state index contributed by atoms with van der Waals surface area (Å²) in [5.74, 6) is 0.865. The fraction of sp³-hybridized carbons (Fsp3) is 0.120. The largest absolute Gasteiger partial charge is 0.489 e. The van der Waals surface area contributed by atoms with Crippen molar-refractivity contribution in [1.82, 2.24) is 0 Å². The van der Waals surface area contributed by atoms with Crippen LogP contribution in [0.1, 0.15) is 16.7 Å². The topological polar surface area (TPSA) is 21.3 Å². The van der Waals surface area contributed by atoms with Gasteiger partial charge in [0.1, 0.15) is 12.4 Å². The number of hydrogen-bond donors (Lipinski definition) is 1. The Balaban J connectivity index is 1.61. The molecule has 0 aliphatic rings. The number of hydrogen-bond acceptors (Lipinski definition) is 2. The third-order valence-corrected chi connectivity index (χ3v) is 5.61. The molecule has 4 aromatic carbocycles. The molecule has 4 rings (SSSR count). The van der Waals surface area contributed by atoms with Crippen molar-refractivity contribution in [2.24, 2.45) is 0 Å². The predicted molar refractivity (Wildman–Crippen MR) is 123 cm³/mol. The first kappa shape index (κ1) is 19.6. The molecule has 0 saturated heterocycles. The van der Waals surface area contributed by atoms with Crippen molar-refractivity contribution in [3.8, 4) is 5.75 Å². The maximum absolute atomic E-state index is 6.28. The Kier molecular flexibility index (Phi) is 5.94. The average Bonchev–Trinajstić information content (AvgIpc) is 2.74. The normalized spacial score (nSPS) is 10.9. The fourth-order valence-corrected chi connectivity index (χ4v) is 3.58. The summed E-state index contributed by atoms with van der Waals surface area (Å²) >= 11 is 12.3. The summed E-state index contributed by atoms with van der Waals surface area (Å²) in [5.41, 5.74) is 4.24. The van der Waals surface area contributed by atoms with Crippen LogP contribution in [0.15, 0.2) is 78.9 Å². The Morgan fingerprint density at radius 3 is 2.45 bits per heavy atom. The third-order valence-electron chi connectivity index (χ3n) is 4.95. The van der Waals surface area contributed by atoms with Crippen LogP contribution in [0.25, 0.3) is 10.8 Å². The van der Waals surface area contributed by atoms with Gasteiger partial charge >= 0.3 is 0 Å². The summed E-state index contributed by atoms with van der Waals surface area (Å²) in [6.45, 7) is 3.12. The predicted octanol–water partition coefficient (Wildman–Crippen LogP) is 7.65. The summed E-state index contributed by atoms with van der Waals surface area (Å²) in [4.78, 5) is 0. The smallest absolute Gasteiger partial charge is 0.125 e. The molecule has 0 heterocycles. The monoisotopic (exact) mass is 421 g/mol. The van der Waals surface area contributed by atoms with E-state index in [1.165, 1.54) is 10.8 Å². The number of benzene rings is 4. The molecule has 0 amide bonds. The molecule has 0 fully saturated rings. The number of rotatable bonds is 6. The second-order valence-electron chi connectivity index (χ2n) is 7.00. The number of halogens is 2. The van der Waals surface area contributed by atoms with Crippen molar-refractivity contribution in [2.75, 3.05) is 5.32 Å². The Labute approximate surface area is 181 Å². The molecule has 29 heavy (non-hydrogen) atoms. The minimum absolute atomic E-state index is 0.485. The molecule has 0 unspecified atom stereocenters. The highest BCUT2D eigenvalue weighted by Gasteiger charge is 2.10. The molecule has 0 aliphatic heterocycles. The lowest BCUT2D eigenvalue weighted by atomic mass is 10.0. The van der Waals surface area contributed by atoms with Gasteiger partial charge in [0, 0.05) is 27.8 Å². The Morgan fingerprint density at radius 1 is 0.862 bits per heavy atom. The summed E-state index contributed by atoms with van der Waals surface area (Å²) in [6.07, 6.45) is 0. The van der Waals surface area contributed by atoms with Crippen LogP contribution in [-0.2, 0) is 13.2 Å². The van der Waals surface area contributed by atoms with Gasteiger partial charge in [-0.15, -0.1) is 0 Å². The van der Waals surface area contributed by atoms with E-state index in [0.717, 1.165) is 38.2 Å². The Bertz CT molecular complexity index is 1140. The Morgan fingerprint density at radius 2 is 1.66 bits per heavy atom. The van der Waals surface area contributed by atoms with Gasteiger partial charge in [0.05, 0.1) is 0 Å². The van der Waals surface area contributed by atoms with Crippen LogP contribution < -0.4 is 10.1 Å². The van der Waals surface area contributed by atoms with E-state index in [1.807, 2.05) is 61.5 Å². The van der Waals surface area contributed by atoms with Crippen LogP contribution in [0.5, 0.6) is 5.75 Å². The summed E-state index contributed by atoms with van der Waals surface area (Å²) in [7, 11) is 0. The van der Waals surface area contributed by atoms with Crippen molar-refractivity contribution in [1.29, 1.82) is 0 Å². The van der Waals surface area contributed by atoms with Crippen molar-refractivity contribution in [2.45, 2.75) is 20.1 Å². The van der Waals surface area contributed by atoms with Gasteiger partial charge in [0.25, 0.3) is 0 Å². The van der Waals surface area contributed by atoms with Crippen LogP contribution in [0.4, 0.5) is 5.69 Å². The first-order valence-electron chi connectivity index (χ1n) is 9.48. The van der Waals surface area contributed by atoms with Gasteiger partial charge in [-0.25, -0.2) is 0 Å². The molecule has 0 spiro atoms. The highest BCUT2D eigenvalue weighted by Crippen LogP contribution is 2.30. The Hall–Kier alpha value is -2.68. The van der Waals surface area contributed by atoms with E-state index in [-0.39, 0.29) is 0 Å². The van der Waals surface area contributed by atoms with Crippen LogP contribution in [-0.4, -0.2) is 0 Å². The maximum atomic E-state index is 6.28. The first-order valence-corrected chi connectivity index (χ1v) is 10.2. The zero-order valence-corrected chi connectivity index (χ0v) is 17.6. The molecule has 0 radical (unpaired) electrons. The van der Waals surface area contributed by atoms with E-state index >= 15 is 0 Å². The summed E-state index contributed by atoms with van der Waals surface area (Å²) in [5, 5.41) is 7.32. The van der Waals surface area contributed by atoms with Crippen molar-refractivity contribution in [3.63, 3.8) is 0 Å². The van der Waals surface area contributed by atoms with Crippen LogP contribution >= 0.6 is 23.2 Å². The lowest BCUT2D eigenvalue weighted by molar-refractivity contribution is 0.304. The minimum atomic E-state index is 0.485. The summed E-state index contributed by atoms with van der Waals surface area (Å²) in [6, 6.07) is 26.2. The van der Waals surface area contributed by atoms with Crippen molar-refractivity contribution < 1.29 is 4.74 Å². The quantitative estimate of drug-likeness (QED) is 0.345. The molecular weight excluding hydrogens is 401 g/mol. The first-order chi connectivity index (χ1) is 14.1. The van der Waals surface area contributed by atoms with Gasteiger partial charge in [0.2, 0.25) is 0 Å². The molecule has 4 heteroatoms. The van der Waals surface area contributed by atoms with Gasteiger partial charge in [-0.1, -0.05) is 71.7 Å². The molecule has 146 valence electrons. The highest BCUT2D eigenvalue weighted by molar-refractivity contribution is 6.31. The van der Waals surface area contributed by atoms with Crippen LogP contribution in [0.3, 0.4) is 0 Å². The van der Waals surface area contributed by atoms with E-state index in [4.69, 9.17) is 27.9 Å². The number of nitrogens with one attached hydrogen (secondary N) is 1. The standard InChI is InChI=1S/C25H21Cl2NO/c1-17-6-12-21(14-24(17)27)28-15-23-22-5-3-2-4-19(22)9-13-25(23)29-16-18-7-10-20(26)11-8-18/h2-14,28H,15-16H2,1H3. The van der Waals surface area contributed by atoms with E-state index in [9.17, 15) is 0 Å². The molecule has 0 aromatic heterocycles. The van der Waals surface area contributed by atoms with Gasteiger partial charge in [-0.05, 0) is 59.2 Å². The SMILES string of the molecule is Cc1ccc(NCc2c(OCc3ccc(Cl)cc3)ccc3ccccc23)cc1Cl. The lowest BCUT2D eigenvalue weighted by Crippen LogP contribution is -2.05. The molecule has 0 aliphatic carbocycles. The van der Waals surface area contributed by atoms with Gasteiger partial charge < -0.3 is 10.1 Å². The van der Waals surface area contributed by atoms with Crippen molar-refractivity contribution >= 4 is 39.7 Å². The van der Waals surface area contributed by atoms with E-state index in [0.29, 0.717) is 13.2 Å². The molecule has 2 nitrogen and oxygen atoms in total.